The fourth-order valence-corrected chi connectivity index (χ4v) is 6.85. The number of ether oxygens (including phenoxy) is 1. The molecule has 5 rings (SSSR count). The Bertz CT molecular complexity index is 1180. The summed E-state index contributed by atoms with van der Waals surface area (Å²) >= 11 is 0. The molecule has 3 aliphatic carbocycles. The average molecular weight is 458 g/mol. The maximum atomic E-state index is 14.5. The van der Waals surface area contributed by atoms with Crippen molar-refractivity contribution in [3.63, 3.8) is 0 Å². The van der Waals surface area contributed by atoms with Gasteiger partial charge >= 0.3 is 0 Å². The number of fused-ring (bicyclic) bond motifs is 2. The Hall–Kier alpha value is -2.41. The van der Waals surface area contributed by atoms with Crippen LogP contribution in [0, 0.1) is 5.82 Å². The van der Waals surface area contributed by atoms with E-state index in [1.165, 1.54) is 25.7 Å². The zero-order chi connectivity index (χ0) is 22.5. The van der Waals surface area contributed by atoms with Crippen LogP contribution < -0.4 is 9.46 Å². The molecule has 0 radical (unpaired) electrons. The zero-order valence-corrected chi connectivity index (χ0v) is 19.1. The summed E-state index contributed by atoms with van der Waals surface area (Å²) in [6, 6.07) is 7.41. The van der Waals surface area contributed by atoms with Crippen LogP contribution in [-0.4, -0.2) is 21.3 Å². The van der Waals surface area contributed by atoms with Crippen molar-refractivity contribution >= 4 is 21.5 Å². The van der Waals surface area contributed by atoms with Gasteiger partial charge in [-0.15, -0.1) is 0 Å². The van der Waals surface area contributed by atoms with Crippen LogP contribution in [0.4, 0.5) is 10.1 Å². The summed E-state index contributed by atoms with van der Waals surface area (Å²) in [7, 11) is -2.74. The second kappa shape index (κ2) is 7.87. The lowest BCUT2D eigenvalue weighted by atomic mass is 9.64. The molecule has 2 saturated carbocycles. The van der Waals surface area contributed by atoms with Gasteiger partial charge in [-0.25, -0.2) is 12.8 Å². The number of hydrogen-bond acceptors (Lipinski definition) is 4. The number of nitrogens with one attached hydrogen (secondary N) is 1. The first-order valence-corrected chi connectivity index (χ1v) is 12.9. The molecule has 0 bridgehead atoms. The third-order valence-electron chi connectivity index (χ3n) is 7.60. The van der Waals surface area contributed by atoms with Crippen molar-refractivity contribution in [2.75, 3.05) is 11.8 Å². The Kier molecular flexibility index (Phi) is 5.27. The Balaban J connectivity index is 1.57. The van der Waals surface area contributed by atoms with Crippen LogP contribution in [0.15, 0.2) is 35.2 Å². The van der Waals surface area contributed by atoms with E-state index in [2.05, 4.69) is 4.72 Å². The molecule has 0 atom stereocenters. The van der Waals surface area contributed by atoms with Gasteiger partial charge in [0.05, 0.1) is 12.5 Å². The van der Waals surface area contributed by atoms with Crippen LogP contribution in [0.25, 0.3) is 0 Å². The molecule has 2 aromatic carbocycles. The second-order valence-corrected chi connectivity index (χ2v) is 11.0. The number of Topliss-reactive ketones (excluding diaryl/α,β-unsaturated/α-hetero) is 1. The zero-order valence-electron chi connectivity index (χ0n) is 18.2. The lowest BCUT2D eigenvalue weighted by molar-refractivity contribution is -0.125. The molecule has 0 unspecified atom stereocenters. The molecular formula is C25H28FNO4S. The van der Waals surface area contributed by atoms with E-state index in [9.17, 15) is 17.6 Å². The lowest BCUT2D eigenvalue weighted by Gasteiger charge is -2.38. The second-order valence-electron chi connectivity index (χ2n) is 9.36. The predicted octanol–water partition coefficient (Wildman–Crippen LogP) is 5.23. The predicted molar refractivity (Wildman–Crippen MR) is 120 cm³/mol. The molecule has 0 aromatic heterocycles. The smallest absolute Gasteiger partial charge is 0.264 e. The number of carbonyl (C=O) groups is 1. The van der Waals surface area contributed by atoms with Gasteiger partial charge in [0.2, 0.25) is 0 Å². The van der Waals surface area contributed by atoms with Crippen LogP contribution in [0.1, 0.15) is 74.0 Å². The molecule has 0 saturated heterocycles. The highest BCUT2D eigenvalue weighted by atomic mass is 32.2. The Labute approximate surface area is 188 Å². The monoisotopic (exact) mass is 457 g/mol. The number of anilines is 1. The van der Waals surface area contributed by atoms with E-state index in [1.807, 2.05) is 12.1 Å². The number of benzene rings is 2. The molecule has 1 spiro atoms. The molecular weight excluding hydrogens is 429 g/mol. The quantitative estimate of drug-likeness (QED) is 0.667. The highest BCUT2D eigenvalue weighted by Crippen LogP contribution is 2.53. The van der Waals surface area contributed by atoms with Gasteiger partial charge in [-0.05, 0) is 72.6 Å². The van der Waals surface area contributed by atoms with Gasteiger partial charge in [0.15, 0.2) is 0 Å². The first-order valence-electron chi connectivity index (χ1n) is 11.4. The third kappa shape index (κ3) is 3.41. The number of hydrogen-bond donors (Lipinski definition) is 1. The van der Waals surface area contributed by atoms with Gasteiger partial charge in [-0.2, -0.15) is 0 Å². The van der Waals surface area contributed by atoms with Crippen molar-refractivity contribution in [1.82, 2.24) is 0 Å². The van der Waals surface area contributed by atoms with Gasteiger partial charge in [0, 0.05) is 18.2 Å². The summed E-state index contributed by atoms with van der Waals surface area (Å²) < 4.78 is 48.2. The van der Waals surface area contributed by atoms with E-state index >= 15 is 0 Å². The topological polar surface area (TPSA) is 72.5 Å². The molecule has 1 N–H and O–H groups in total. The number of halogens is 1. The van der Waals surface area contributed by atoms with Crippen molar-refractivity contribution in [1.29, 1.82) is 0 Å². The SMILES string of the molecule is COc1ccc(S(=O)(=O)Nc2cc(C3CCCCC3)c3c(c2)C2(CCC2)C(=O)C3)c(F)c1. The summed E-state index contributed by atoms with van der Waals surface area (Å²) in [5.74, 6) is -0.0140. The summed E-state index contributed by atoms with van der Waals surface area (Å²) in [6.07, 6.45) is 8.71. The highest BCUT2D eigenvalue weighted by molar-refractivity contribution is 7.92. The molecule has 0 heterocycles. The normalized spacial score (nSPS) is 20.1. The van der Waals surface area contributed by atoms with Crippen LogP contribution in [0.2, 0.25) is 0 Å². The summed E-state index contributed by atoms with van der Waals surface area (Å²) in [5.41, 5.74) is 3.17. The fraction of sp³-hybridized carbons (Fsp3) is 0.480. The van der Waals surface area contributed by atoms with E-state index in [1.54, 1.807) is 0 Å². The van der Waals surface area contributed by atoms with Crippen molar-refractivity contribution in [3.8, 4) is 5.75 Å². The van der Waals surface area contributed by atoms with Crippen LogP contribution >= 0.6 is 0 Å². The van der Waals surface area contributed by atoms with Gasteiger partial charge < -0.3 is 4.74 Å². The first-order chi connectivity index (χ1) is 15.3. The van der Waals surface area contributed by atoms with Gasteiger partial charge in [0.25, 0.3) is 10.0 Å². The van der Waals surface area contributed by atoms with E-state index < -0.39 is 26.2 Å². The van der Waals surface area contributed by atoms with Gasteiger partial charge in [-0.3, -0.25) is 9.52 Å². The third-order valence-corrected chi connectivity index (χ3v) is 9.02. The first kappa shape index (κ1) is 21.4. The molecule has 32 heavy (non-hydrogen) atoms. The van der Waals surface area contributed by atoms with Crippen molar-refractivity contribution < 1.29 is 22.3 Å². The largest absolute Gasteiger partial charge is 0.497 e. The van der Waals surface area contributed by atoms with Gasteiger partial charge in [0.1, 0.15) is 22.2 Å². The Morgan fingerprint density at radius 2 is 1.81 bits per heavy atom. The maximum Gasteiger partial charge on any atom is 0.264 e. The minimum Gasteiger partial charge on any atom is -0.497 e. The highest BCUT2D eigenvalue weighted by Gasteiger charge is 2.51. The Morgan fingerprint density at radius 3 is 2.44 bits per heavy atom. The van der Waals surface area contributed by atoms with E-state index in [4.69, 9.17) is 4.74 Å². The van der Waals surface area contributed by atoms with Crippen molar-refractivity contribution in [2.24, 2.45) is 0 Å². The standard InChI is InChI=1S/C25H28FNO4S/c1-31-18-8-9-23(22(26)14-18)32(29,30)27-17-12-19(16-6-3-2-4-7-16)20-15-24(28)25(10-5-11-25)21(20)13-17/h8-9,12-14,16,27H,2-7,10-11,15H2,1H3. The molecule has 170 valence electrons. The number of rotatable bonds is 5. The molecule has 0 amide bonds. The van der Waals surface area contributed by atoms with Crippen LogP contribution in [-0.2, 0) is 26.7 Å². The molecule has 2 aromatic rings. The van der Waals surface area contributed by atoms with E-state index in [0.29, 0.717) is 18.0 Å². The average Bonchev–Trinajstić information content (AvgIpc) is 3.05. The molecule has 0 aliphatic heterocycles. The number of methoxy groups -OCH3 is 1. The van der Waals surface area contributed by atoms with E-state index in [-0.39, 0.29) is 11.5 Å². The summed E-state index contributed by atoms with van der Waals surface area (Å²) in [5, 5.41) is 0. The minimum absolute atomic E-state index is 0.254. The number of ketones is 1. The Morgan fingerprint density at radius 1 is 1.06 bits per heavy atom. The summed E-state index contributed by atoms with van der Waals surface area (Å²) in [6.45, 7) is 0. The lowest BCUT2D eigenvalue weighted by Crippen LogP contribution is -2.39. The maximum absolute atomic E-state index is 14.5. The van der Waals surface area contributed by atoms with Crippen molar-refractivity contribution in [3.05, 3.63) is 52.8 Å². The van der Waals surface area contributed by atoms with Crippen LogP contribution in [0.5, 0.6) is 5.75 Å². The van der Waals surface area contributed by atoms with Gasteiger partial charge in [-0.1, -0.05) is 25.7 Å². The van der Waals surface area contributed by atoms with E-state index in [0.717, 1.165) is 67.7 Å². The molecule has 2 fully saturated rings. The van der Waals surface area contributed by atoms with Crippen LogP contribution in [0.3, 0.4) is 0 Å². The number of carbonyl (C=O) groups excluding carboxylic acids is 1. The minimum atomic E-state index is -4.14. The molecule has 7 heteroatoms. The van der Waals surface area contributed by atoms with Crippen molar-refractivity contribution in [2.45, 2.75) is 74.0 Å². The molecule has 5 nitrogen and oxygen atoms in total. The summed E-state index contributed by atoms with van der Waals surface area (Å²) in [4.78, 5) is 12.6. The fourth-order valence-electron chi connectivity index (χ4n) is 5.75. The number of sulfonamides is 1. The molecule has 3 aliphatic rings.